The number of hydrogen-bond donors (Lipinski definition) is 1. The number of ether oxygens (including phenoxy) is 1. The summed E-state index contributed by atoms with van der Waals surface area (Å²) in [6.45, 7) is 0.364. The Kier molecular flexibility index (Phi) is 5.58. The van der Waals surface area contributed by atoms with Gasteiger partial charge in [-0.25, -0.2) is 0 Å². The summed E-state index contributed by atoms with van der Waals surface area (Å²) in [5.41, 5.74) is 4.68. The van der Waals surface area contributed by atoms with Crippen molar-refractivity contribution in [2.45, 2.75) is 31.8 Å². The number of anilines is 1. The van der Waals surface area contributed by atoms with Crippen molar-refractivity contribution in [3.8, 4) is 11.8 Å². The van der Waals surface area contributed by atoms with Gasteiger partial charge in [0, 0.05) is 11.8 Å². The number of carbonyl (C=O) groups is 1. The molecular weight excluding hydrogens is 360 g/mol. The van der Waals surface area contributed by atoms with Gasteiger partial charge >= 0.3 is 0 Å². The van der Waals surface area contributed by atoms with Crippen molar-refractivity contribution in [2.75, 3.05) is 5.32 Å². The van der Waals surface area contributed by atoms with Gasteiger partial charge in [0.1, 0.15) is 12.4 Å². The van der Waals surface area contributed by atoms with Crippen LogP contribution in [0.25, 0.3) is 0 Å². The highest BCUT2D eigenvalue weighted by Gasteiger charge is 2.26. The number of aryl methyl sites for hydroxylation is 1. The molecule has 0 radical (unpaired) electrons. The van der Waals surface area contributed by atoms with Crippen LogP contribution in [0.15, 0.2) is 72.8 Å². The molecule has 1 aliphatic carbocycles. The van der Waals surface area contributed by atoms with Gasteiger partial charge in [-0.3, -0.25) is 4.79 Å². The predicted molar refractivity (Wildman–Crippen MR) is 113 cm³/mol. The Hall–Kier alpha value is -3.58. The van der Waals surface area contributed by atoms with Crippen LogP contribution in [-0.4, -0.2) is 5.91 Å². The Labute approximate surface area is 170 Å². The van der Waals surface area contributed by atoms with Crippen molar-refractivity contribution >= 4 is 11.6 Å². The monoisotopic (exact) mass is 382 g/mol. The van der Waals surface area contributed by atoms with E-state index in [9.17, 15) is 4.79 Å². The fourth-order valence-electron chi connectivity index (χ4n) is 3.82. The maximum atomic E-state index is 12.9. The maximum absolute atomic E-state index is 12.9. The Morgan fingerprint density at radius 3 is 2.83 bits per heavy atom. The first-order valence-electron chi connectivity index (χ1n) is 9.83. The van der Waals surface area contributed by atoms with Crippen LogP contribution in [0.3, 0.4) is 0 Å². The highest BCUT2D eigenvalue weighted by atomic mass is 16.5. The average Bonchev–Trinajstić information content (AvgIpc) is 2.77. The summed E-state index contributed by atoms with van der Waals surface area (Å²) >= 11 is 0. The summed E-state index contributed by atoms with van der Waals surface area (Å²) < 4.78 is 5.85. The summed E-state index contributed by atoms with van der Waals surface area (Å²) in [4.78, 5) is 12.9. The van der Waals surface area contributed by atoms with Gasteiger partial charge in [0.25, 0.3) is 0 Å². The van der Waals surface area contributed by atoms with Crippen molar-refractivity contribution in [1.29, 1.82) is 5.26 Å². The second kappa shape index (κ2) is 8.62. The molecule has 1 aliphatic rings. The standard InChI is InChI=1S/C25H22N2O2/c26-16-18-6-3-7-19(14-18)17-29-22-11-5-10-21(15-22)27-25(28)24-13-4-9-20-8-1-2-12-23(20)24/h1-3,5-8,10-12,14-15,24H,4,9,13,17H2,(H,27,28). The minimum absolute atomic E-state index is 0.0241. The third-order valence-corrected chi connectivity index (χ3v) is 5.25. The quantitative estimate of drug-likeness (QED) is 0.660. The van der Waals surface area contributed by atoms with E-state index in [4.69, 9.17) is 10.00 Å². The van der Waals surface area contributed by atoms with E-state index in [1.165, 1.54) is 5.56 Å². The van der Waals surface area contributed by atoms with E-state index in [0.29, 0.717) is 17.9 Å². The van der Waals surface area contributed by atoms with Gasteiger partial charge in [0.15, 0.2) is 0 Å². The smallest absolute Gasteiger partial charge is 0.231 e. The zero-order valence-corrected chi connectivity index (χ0v) is 16.1. The van der Waals surface area contributed by atoms with Crippen molar-refractivity contribution in [2.24, 2.45) is 0 Å². The molecule has 3 aromatic rings. The fraction of sp³-hybridized carbons (Fsp3) is 0.200. The van der Waals surface area contributed by atoms with Crippen LogP contribution in [0.2, 0.25) is 0 Å². The van der Waals surface area contributed by atoms with Crippen molar-refractivity contribution < 1.29 is 9.53 Å². The number of benzene rings is 3. The van der Waals surface area contributed by atoms with Gasteiger partial charge in [0.05, 0.1) is 17.6 Å². The summed E-state index contributed by atoms with van der Waals surface area (Å²) in [6, 6.07) is 25.1. The van der Waals surface area contributed by atoms with Gasteiger partial charge in [-0.05, 0) is 60.2 Å². The van der Waals surface area contributed by atoms with Gasteiger partial charge in [-0.15, -0.1) is 0 Å². The summed E-state index contributed by atoms with van der Waals surface area (Å²) in [5, 5.41) is 12.1. The molecule has 144 valence electrons. The van der Waals surface area contributed by atoms with E-state index < -0.39 is 0 Å². The lowest BCUT2D eigenvalue weighted by atomic mass is 9.82. The normalized spacial score (nSPS) is 15.1. The molecule has 3 aromatic carbocycles. The molecule has 29 heavy (non-hydrogen) atoms. The van der Waals surface area contributed by atoms with Crippen LogP contribution in [0.4, 0.5) is 5.69 Å². The number of carbonyl (C=O) groups excluding carboxylic acids is 1. The fourth-order valence-corrected chi connectivity index (χ4v) is 3.82. The molecular formula is C25H22N2O2. The van der Waals surface area contributed by atoms with Crippen LogP contribution >= 0.6 is 0 Å². The molecule has 0 fully saturated rings. The van der Waals surface area contributed by atoms with E-state index in [0.717, 1.165) is 36.1 Å². The molecule has 0 aromatic heterocycles. The molecule has 0 saturated heterocycles. The highest BCUT2D eigenvalue weighted by molar-refractivity contribution is 5.96. The van der Waals surface area contributed by atoms with Crippen LogP contribution in [0.1, 0.15) is 41.0 Å². The topological polar surface area (TPSA) is 62.1 Å². The van der Waals surface area contributed by atoms with E-state index in [1.807, 2.05) is 54.6 Å². The minimum atomic E-state index is -0.113. The predicted octanol–water partition coefficient (Wildman–Crippen LogP) is 5.20. The van der Waals surface area contributed by atoms with Gasteiger partial charge < -0.3 is 10.1 Å². The first kappa shape index (κ1) is 18.8. The van der Waals surface area contributed by atoms with Crippen LogP contribution in [-0.2, 0) is 17.8 Å². The Morgan fingerprint density at radius 2 is 1.93 bits per heavy atom. The summed E-state index contributed by atoms with van der Waals surface area (Å²) in [5.74, 6) is 0.587. The van der Waals surface area contributed by atoms with Crippen molar-refractivity contribution in [1.82, 2.24) is 0 Å². The third kappa shape index (κ3) is 4.47. The molecule has 4 nitrogen and oxygen atoms in total. The van der Waals surface area contributed by atoms with Crippen LogP contribution < -0.4 is 10.1 Å². The Morgan fingerprint density at radius 1 is 1.07 bits per heavy atom. The number of nitrogens with zero attached hydrogens (tertiary/aromatic N) is 1. The lowest BCUT2D eigenvalue weighted by Crippen LogP contribution is -2.24. The lowest BCUT2D eigenvalue weighted by Gasteiger charge is -2.24. The number of amides is 1. The SMILES string of the molecule is N#Cc1cccc(COc2cccc(NC(=O)C3CCCc4ccccc43)c2)c1. The summed E-state index contributed by atoms with van der Waals surface area (Å²) in [7, 11) is 0. The highest BCUT2D eigenvalue weighted by Crippen LogP contribution is 2.32. The number of nitriles is 1. The molecule has 4 heteroatoms. The van der Waals surface area contributed by atoms with E-state index in [2.05, 4.69) is 23.5 Å². The minimum Gasteiger partial charge on any atom is -0.489 e. The number of nitrogens with one attached hydrogen (secondary N) is 1. The molecule has 0 aliphatic heterocycles. The first-order valence-corrected chi connectivity index (χ1v) is 9.83. The van der Waals surface area contributed by atoms with Gasteiger partial charge in [-0.2, -0.15) is 5.26 Å². The first-order chi connectivity index (χ1) is 14.2. The summed E-state index contributed by atoms with van der Waals surface area (Å²) in [6.07, 6.45) is 2.94. The van der Waals surface area contributed by atoms with Crippen LogP contribution in [0, 0.1) is 11.3 Å². The second-order valence-corrected chi connectivity index (χ2v) is 7.26. The zero-order valence-electron chi connectivity index (χ0n) is 16.1. The lowest BCUT2D eigenvalue weighted by molar-refractivity contribution is -0.117. The Balaban J connectivity index is 1.43. The van der Waals surface area contributed by atoms with E-state index in [1.54, 1.807) is 6.07 Å². The molecule has 0 saturated carbocycles. The molecule has 1 N–H and O–H groups in total. The van der Waals surface area contributed by atoms with Crippen molar-refractivity contribution in [3.63, 3.8) is 0 Å². The van der Waals surface area contributed by atoms with E-state index >= 15 is 0 Å². The second-order valence-electron chi connectivity index (χ2n) is 7.26. The molecule has 0 bridgehead atoms. The third-order valence-electron chi connectivity index (χ3n) is 5.25. The largest absolute Gasteiger partial charge is 0.489 e. The molecule has 1 atom stereocenters. The molecule has 0 heterocycles. The average molecular weight is 382 g/mol. The maximum Gasteiger partial charge on any atom is 0.231 e. The van der Waals surface area contributed by atoms with Gasteiger partial charge in [-0.1, -0.05) is 42.5 Å². The number of rotatable bonds is 5. The number of fused-ring (bicyclic) bond motifs is 1. The van der Waals surface area contributed by atoms with E-state index in [-0.39, 0.29) is 11.8 Å². The van der Waals surface area contributed by atoms with Gasteiger partial charge in [0.2, 0.25) is 5.91 Å². The molecule has 1 amide bonds. The molecule has 4 rings (SSSR count). The molecule has 1 unspecified atom stereocenters. The van der Waals surface area contributed by atoms with Crippen molar-refractivity contribution in [3.05, 3.63) is 95.1 Å². The zero-order chi connectivity index (χ0) is 20.1. The molecule has 0 spiro atoms. The number of hydrogen-bond acceptors (Lipinski definition) is 3. The van der Waals surface area contributed by atoms with Crippen LogP contribution in [0.5, 0.6) is 5.75 Å². The Bertz CT molecular complexity index is 1070.